The quantitative estimate of drug-likeness (QED) is 0.692. The fraction of sp³-hybridized carbons (Fsp3) is 0.455. The topological polar surface area (TPSA) is 38.0 Å². The largest absolute Gasteiger partial charge is 0.398 e. The van der Waals surface area contributed by atoms with Crippen molar-refractivity contribution in [3.63, 3.8) is 0 Å². The lowest BCUT2D eigenvalue weighted by molar-refractivity contribution is 0.572. The summed E-state index contributed by atoms with van der Waals surface area (Å²) in [7, 11) is 0. The van der Waals surface area contributed by atoms with Crippen molar-refractivity contribution in [2.75, 3.05) is 5.73 Å². The fourth-order valence-electron chi connectivity index (χ4n) is 1.60. The molecule has 1 saturated carbocycles. The molecule has 1 aromatic carbocycles. The van der Waals surface area contributed by atoms with Gasteiger partial charge in [-0.1, -0.05) is 18.2 Å². The standard InChI is InChI=1S/C11H16N2/c1-8(13-9-6-7-9)10-4-2-3-5-11(10)12/h2-5,8-9,13H,6-7,12H2,1H3/t8-/m0/s1. The zero-order valence-corrected chi connectivity index (χ0v) is 7.96. The third kappa shape index (κ3) is 2.01. The first kappa shape index (κ1) is 8.57. The van der Waals surface area contributed by atoms with Crippen LogP contribution in [-0.2, 0) is 0 Å². The molecule has 1 fully saturated rings. The molecule has 2 heteroatoms. The van der Waals surface area contributed by atoms with E-state index >= 15 is 0 Å². The molecule has 1 aliphatic rings. The van der Waals surface area contributed by atoms with Gasteiger partial charge in [0.25, 0.3) is 0 Å². The van der Waals surface area contributed by atoms with Gasteiger partial charge in [-0.2, -0.15) is 0 Å². The summed E-state index contributed by atoms with van der Waals surface area (Å²) in [5.74, 6) is 0. The van der Waals surface area contributed by atoms with Gasteiger partial charge >= 0.3 is 0 Å². The molecule has 70 valence electrons. The van der Waals surface area contributed by atoms with E-state index in [2.05, 4.69) is 18.3 Å². The van der Waals surface area contributed by atoms with Crippen LogP contribution in [0.3, 0.4) is 0 Å². The van der Waals surface area contributed by atoms with Gasteiger partial charge in [0.1, 0.15) is 0 Å². The molecule has 0 radical (unpaired) electrons. The Labute approximate surface area is 79.1 Å². The zero-order chi connectivity index (χ0) is 9.26. The Bertz CT molecular complexity index is 292. The van der Waals surface area contributed by atoms with Crippen molar-refractivity contribution in [3.8, 4) is 0 Å². The van der Waals surface area contributed by atoms with Gasteiger partial charge in [0.05, 0.1) is 0 Å². The van der Waals surface area contributed by atoms with E-state index in [4.69, 9.17) is 5.73 Å². The lowest BCUT2D eigenvalue weighted by Crippen LogP contribution is -2.21. The molecule has 2 nitrogen and oxygen atoms in total. The molecule has 1 atom stereocenters. The van der Waals surface area contributed by atoms with Gasteiger partial charge in [-0.3, -0.25) is 0 Å². The molecule has 13 heavy (non-hydrogen) atoms. The summed E-state index contributed by atoms with van der Waals surface area (Å²) in [5.41, 5.74) is 7.99. The summed E-state index contributed by atoms with van der Waals surface area (Å²) in [4.78, 5) is 0. The van der Waals surface area contributed by atoms with Crippen LogP contribution in [0.4, 0.5) is 5.69 Å². The smallest absolute Gasteiger partial charge is 0.0362 e. The van der Waals surface area contributed by atoms with Gasteiger partial charge in [-0.25, -0.2) is 0 Å². The number of nitrogen functional groups attached to an aromatic ring is 1. The normalized spacial score (nSPS) is 18.5. The maximum absolute atomic E-state index is 5.88. The summed E-state index contributed by atoms with van der Waals surface area (Å²) in [6, 6.07) is 9.18. The van der Waals surface area contributed by atoms with Crippen LogP contribution in [0, 0.1) is 0 Å². The van der Waals surface area contributed by atoms with Gasteiger partial charge < -0.3 is 11.1 Å². The minimum absolute atomic E-state index is 0.383. The van der Waals surface area contributed by atoms with Crippen LogP contribution in [0.5, 0.6) is 0 Å². The van der Waals surface area contributed by atoms with Gasteiger partial charge in [0.15, 0.2) is 0 Å². The first-order chi connectivity index (χ1) is 6.27. The number of nitrogens with one attached hydrogen (secondary N) is 1. The van der Waals surface area contributed by atoms with Crippen molar-refractivity contribution in [3.05, 3.63) is 29.8 Å². The second-order valence-corrected chi connectivity index (χ2v) is 3.79. The number of hydrogen-bond acceptors (Lipinski definition) is 2. The molecule has 0 amide bonds. The van der Waals surface area contributed by atoms with E-state index in [0.717, 1.165) is 11.7 Å². The van der Waals surface area contributed by atoms with Crippen LogP contribution >= 0.6 is 0 Å². The summed E-state index contributed by atoms with van der Waals surface area (Å²) in [6.45, 7) is 2.17. The highest BCUT2D eigenvalue weighted by molar-refractivity contribution is 5.47. The molecule has 0 aliphatic heterocycles. The van der Waals surface area contributed by atoms with Crippen molar-refractivity contribution < 1.29 is 0 Å². The minimum Gasteiger partial charge on any atom is -0.398 e. The molecule has 0 heterocycles. The first-order valence-electron chi connectivity index (χ1n) is 4.88. The second kappa shape index (κ2) is 3.38. The first-order valence-corrected chi connectivity index (χ1v) is 4.88. The summed E-state index contributed by atoms with van der Waals surface area (Å²) in [5, 5.41) is 3.53. The molecule has 0 bridgehead atoms. The van der Waals surface area contributed by atoms with Crippen LogP contribution in [-0.4, -0.2) is 6.04 Å². The lowest BCUT2D eigenvalue weighted by atomic mass is 10.1. The van der Waals surface area contributed by atoms with Crippen LogP contribution in [0.2, 0.25) is 0 Å². The van der Waals surface area contributed by atoms with E-state index in [1.165, 1.54) is 18.4 Å². The van der Waals surface area contributed by atoms with Crippen molar-refractivity contribution in [1.82, 2.24) is 5.32 Å². The third-order valence-electron chi connectivity index (χ3n) is 2.53. The zero-order valence-electron chi connectivity index (χ0n) is 7.96. The number of anilines is 1. The summed E-state index contributed by atoms with van der Waals surface area (Å²) >= 11 is 0. The average Bonchev–Trinajstić information content (AvgIpc) is 2.89. The van der Waals surface area contributed by atoms with Crippen LogP contribution < -0.4 is 11.1 Å². The molecule has 0 unspecified atom stereocenters. The highest BCUT2D eigenvalue weighted by Gasteiger charge is 2.23. The molecule has 0 saturated heterocycles. The minimum atomic E-state index is 0.383. The van der Waals surface area contributed by atoms with Crippen LogP contribution in [0.1, 0.15) is 31.4 Å². The van der Waals surface area contributed by atoms with Crippen molar-refractivity contribution >= 4 is 5.69 Å². The molecular formula is C11H16N2. The maximum Gasteiger partial charge on any atom is 0.0362 e. The summed E-state index contributed by atoms with van der Waals surface area (Å²) in [6.07, 6.45) is 2.63. The van der Waals surface area contributed by atoms with Crippen molar-refractivity contribution in [2.45, 2.75) is 31.8 Å². The molecule has 2 rings (SSSR count). The predicted molar refractivity (Wildman–Crippen MR) is 55.4 cm³/mol. The monoisotopic (exact) mass is 176 g/mol. The Morgan fingerprint density at radius 3 is 2.69 bits per heavy atom. The van der Waals surface area contributed by atoms with E-state index in [9.17, 15) is 0 Å². The molecular weight excluding hydrogens is 160 g/mol. The number of benzene rings is 1. The van der Waals surface area contributed by atoms with Crippen molar-refractivity contribution in [1.29, 1.82) is 0 Å². The number of rotatable bonds is 3. The Hall–Kier alpha value is -1.02. The van der Waals surface area contributed by atoms with Crippen molar-refractivity contribution in [2.24, 2.45) is 0 Å². The third-order valence-corrected chi connectivity index (χ3v) is 2.53. The fourth-order valence-corrected chi connectivity index (χ4v) is 1.60. The van der Waals surface area contributed by atoms with Gasteiger partial charge in [0, 0.05) is 17.8 Å². The van der Waals surface area contributed by atoms with Crippen LogP contribution in [0.25, 0.3) is 0 Å². The Kier molecular flexibility index (Phi) is 2.23. The SMILES string of the molecule is C[C@H](NC1CC1)c1ccccc1N. The van der Waals surface area contributed by atoms with E-state index in [-0.39, 0.29) is 0 Å². The van der Waals surface area contributed by atoms with Crippen LogP contribution in [0.15, 0.2) is 24.3 Å². The molecule has 0 spiro atoms. The van der Waals surface area contributed by atoms with Gasteiger partial charge in [0.2, 0.25) is 0 Å². The van der Waals surface area contributed by atoms with E-state index < -0.39 is 0 Å². The second-order valence-electron chi connectivity index (χ2n) is 3.79. The Morgan fingerprint density at radius 2 is 2.08 bits per heavy atom. The Morgan fingerprint density at radius 1 is 1.38 bits per heavy atom. The lowest BCUT2D eigenvalue weighted by Gasteiger charge is -2.15. The predicted octanol–water partition coefficient (Wildman–Crippen LogP) is 2.08. The van der Waals surface area contributed by atoms with Gasteiger partial charge in [-0.15, -0.1) is 0 Å². The molecule has 0 aromatic heterocycles. The highest BCUT2D eigenvalue weighted by Crippen LogP contribution is 2.26. The van der Waals surface area contributed by atoms with E-state index in [0.29, 0.717) is 6.04 Å². The maximum atomic E-state index is 5.88. The average molecular weight is 176 g/mol. The number of nitrogens with two attached hydrogens (primary N) is 1. The summed E-state index contributed by atoms with van der Waals surface area (Å²) < 4.78 is 0. The molecule has 1 aromatic rings. The molecule has 3 N–H and O–H groups in total. The Balaban J connectivity index is 2.09. The van der Waals surface area contributed by atoms with Gasteiger partial charge in [-0.05, 0) is 31.4 Å². The van der Waals surface area contributed by atoms with E-state index in [1.807, 2.05) is 18.2 Å². The molecule has 1 aliphatic carbocycles. The van der Waals surface area contributed by atoms with E-state index in [1.54, 1.807) is 0 Å². The number of hydrogen-bond donors (Lipinski definition) is 2. The highest BCUT2D eigenvalue weighted by atomic mass is 15.0. The number of para-hydroxylation sites is 1.